The number of primary sulfonamides is 1. The predicted molar refractivity (Wildman–Crippen MR) is 82.0 cm³/mol. The zero-order chi connectivity index (χ0) is 16.3. The minimum absolute atomic E-state index is 0.0203. The van der Waals surface area contributed by atoms with Gasteiger partial charge in [-0.1, -0.05) is 0 Å². The number of carbonyl (C=O) groups is 1. The molecule has 1 heterocycles. The van der Waals surface area contributed by atoms with Crippen LogP contribution >= 0.6 is 0 Å². The van der Waals surface area contributed by atoms with Crippen molar-refractivity contribution in [3.63, 3.8) is 0 Å². The summed E-state index contributed by atoms with van der Waals surface area (Å²) in [5, 5.41) is 7.79. The summed E-state index contributed by atoms with van der Waals surface area (Å²) < 4.78 is 28.0. The fraction of sp³-hybridized carbons (Fsp3) is 0.500. The van der Waals surface area contributed by atoms with Crippen molar-refractivity contribution in [3.05, 3.63) is 24.3 Å². The summed E-state index contributed by atoms with van der Waals surface area (Å²) in [6, 6.07) is 5.79. The Morgan fingerprint density at radius 2 is 1.82 bits per heavy atom. The maximum atomic E-state index is 12.1. The van der Waals surface area contributed by atoms with Crippen LogP contribution in [0.5, 0.6) is 0 Å². The molecule has 2 atom stereocenters. The Morgan fingerprint density at radius 3 is 2.32 bits per heavy atom. The molecule has 1 saturated heterocycles. The molecule has 0 spiro atoms. The third-order valence-corrected chi connectivity index (χ3v) is 4.42. The van der Waals surface area contributed by atoms with Crippen LogP contribution in [-0.2, 0) is 19.6 Å². The second-order valence-electron chi connectivity index (χ2n) is 5.71. The maximum Gasteiger partial charge on any atom is 0.279 e. The lowest BCUT2D eigenvalue weighted by Gasteiger charge is -2.31. The molecule has 0 saturated carbocycles. The molecule has 2 rings (SSSR count). The van der Waals surface area contributed by atoms with Crippen molar-refractivity contribution in [2.45, 2.75) is 31.0 Å². The van der Waals surface area contributed by atoms with Gasteiger partial charge in [-0.25, -0.2) is 13.6 Å². The fourth-order valence-electron chi connectivity index (χ4n) is 2.69. The highest BCUT2D eigenvalue weighted by Crippen LogP contribution is 2.12. The van der Waals surface area contributed by atoms with Crippen LogP contribution in [0.4, 0.5) is 5.69 Å². The number of hydrogen-bond acceptors (Lipinski definition) is 4. The molecule has 0 aliphatic carbocycles. The normalized spacial score (nSPS) is 25.7. The van der Waals surface area contributed by atoms with Gasteiger partial charge >= 0.3 is 0 Å². The van der Waals surface area contributed by atoms with Crippen LogP contribution in [0, 0.1) is 0 Å². The number of sulfonamides is 1. The number of morpholine rings is 1. The fourth-order valence-corrected chi connectivity index (χ4v) is 3.21. The van der Waals surface area contributed by atoms with Gasteiger partial charge in [-0.2, -0.15) is 0 Å². The SMILES string of the molecule is C[C@@H]1C[NH+](CC(=O)Nc2ccc(S(N)(=O)=O)cc2)C[C@@H](C)O1. The van der Waals surface area contributed by atoms with E-state index in [2.05, 4.69) is 5.32 Å². The Kier molecular flexibility index (Phi) is 5.17. The van der Waals surface area contributed by atoms with E-state index < -0.39 is 10.0 Å². The average Bonchev–Trinajstić information content (AvgIpc) is 2.36. The highest BCUT2D eigenvalue weighted by molar-refractivity contribution is 7.89. The topological polar surface area (TPSA) is 103 Å². The smallest absolute Gasteiger partial charge is 0.279 e. The zero-order valence-corrected chi connectivity index (χ0v) is 13.5. The van der Waals surface area contributed by atoms with E-state index in [1.165, 1.54) is 29.2 Å². The van der Waals surface area contributed by atoms with Gasteiger partial charge in [-0.15, -0.1) is 0 Å². The summed E-state index contributed by atoms with van der Waals surface area (Å²) >= 11 is 0. The second-order valence-corrected chi connectivity index (χ2v) is 7.27. The predicted octanol–water partition coefficient (Wildman–Crippen LogP) is -1.04. The number of hydrogen-bond donors (Lipinski definition) is 3. The largest absolute Gasteiger partial charge is 0.364 e. The van der Waals surface area contributed by atoms with Gasteiger partial charge in [-0.3, -0.25) is 4.79 Å². The van der Waals surface area contributed by atoms with Crippen molar-refractivity contribution in [2.24, 2.45) is 5.14 Å². The minimum Gasteiger partial charge on any atom is -0.364 e. The molecular weight excluding hydrogens is 306 g/mol. The summed E-state index contributed by atoms with van der Waals surface area (Å²) in [5.74, 6) is -0.111. The Hall–Kier alpha value is -1.48. The van der Waals surface area contributed by atoms with Crippen molar-refractivity contribution in [2.75, 3.05) is 25.0 Å². The molecule has 0 unspecified atom stereocenters. The summed E-state index contributed by atoms with van der Waals surface area (Å²) in [7, 11) is -3.71. The van der Waals surface area contributed by atoms with Crippen molar-refractivity contribution >= 4 is 21.6 Å². The number of anilines is 1. The molecule has 1 aromatic carbocycles. The highest BCUT2D eigenvalue weighted by Gasteiger charge is 2.27. The molecule has 1 aromatic rings. The summed E-state index contributed by atoms with van der Waals surface area (Å²) in [6.45, 7) is 5.94. The second kappa shape index (κ2) is 6.74. The lowest BCUT2D eigenvalue weighted by Crippen LogP contribution is -3.16. The van der Waals surface area contributed by atoms with E-state index in [0.29, 0.717) is 12.2 Å². The van der Waals surface area contributed by atoms with Gasteiger partial charge in [0.15, 0.2) is 6.54 Å². The molecule has 1 aliphatic heterocycles. The van der Waals surface area contributed by atoms with Crippen molar-refractivity contribution in [1.82, 2.24) is 0 Å². The van der Waals surface area contributed by atoms with Gasteiger partial charge in [0.1, 0.15) is 25.3 Å². The van der Waals surface area contributed by atoms with Crippen molar-refractivity contribution in [3.8, 4) is 0 Å². The Bertz CT molecular complexity index is 620. The van der Waals surface area contributed by atoms with Crippen molar-refractivity contribution in [1.29, 1.82) is 0 Å². The highest BCUT2D eigenvalue weighted by atomic mass is 32.2. The molecule has 0 radical (unpaired) electrons. The first-order chi connectivity index (χ1) is 10.2. The van der Waals surface area contributed by atoms with E-state index in [1.807, 2.05) is 13.8 Å². The Morgan fingerprint density at radius 1 is 1.27 bits per heavy atom. The van der Waals surface area contributed by atoms with Gasteiger partial charge in [0.05, 0.1) is 4.90 Å². The van der Waals surface area contributed by atoms with E-state index >= 15 is 0 Å². The van der Waals surface area contributed by atoms with Crippen LogP contribution in [-0.4, -0.2) is 46.2 Å². The first-order valence-electron chi connectivity index (χ1n) is 7.16. The molecule has 1 aliphatic rings. The first kappa shape index (κ1) is 16.9. The zero-order valence-electron chi connectivity index (χ0n) is 12.7. The van der Waals surface area contributed by atoms with Gasteiger partial charge in [0.25, 0.3) is 5.91 Å². The molecule has 0 aromatic heterocycles. The van der Waals surface area contributed by atoms with E-state index in [4.69, 9.17) is 9.88 Å². The molecule has 1 amide bonds. The van der Waals surface area contributed by atoms with Gasteiger partial charge in [-0.05, 0) is 38.1 Å². The van der Waals surface area contributed by atoms with E-state index in [9.17, 15) is 13.2 Å². The molecule has 0 bridgehead atoms. The third kappa shape index (κ3) is 4.77. The van der Waals surface area contributed by atoms with Gasteiger partial charge < -0.3 is 15.0 Å². The van der Waals surface area contributed by atoms with Gasteiger partial charge in [0.2, 0.25) is 10.0 Å². The molecule has 7 nitrogen and oxygen atoms in total. The summed E-state index contributed by atoms with van der Waals surface area (Å²) in [4.78, 5) is 13.3. The van der Waals surface area contributed by atoms with Crippen LogP contribution in [0.1, 0.15) is 13.8 Å². The number of nitrogens with one attached hydrogen (secondary N) is 2. The number of carbonyl (C=O) groups excluding carboxylic acids is 1. The quantitative estimate of drug-likeness (QED) is 0.657. The van der Waals surface area contributed by atoms with Crippen LogP contribution in [0.15, 0.2) is 29.2 Å². The van der Waals surface area contributed by atoms with Crippen molar-refractivity contribution < 1.29 is 22.8 Å². The molecular formula is C14H22N3O4S+. The monoisotopic (exact) mass is 328 g/mol. The number of benzene rings is 1. The van der Waals surface area contributed by atoms with Crippen LogP contribution in [0.3, 0.4) is 0 Å². The summed E-state index contributed by atoms with van der Waals surface area (Å²) in [6.07, 6.45) is 0.279. The van der Waals surface area contributed by atoms with Gasteiger partial charge in [0, 0.05) is 5.69 Å². The van der Waals surface area contributed by atoms with E-state index in [1.54, 1.807) is 0 Å². The Labute approximate surface area is 130 Å². The molecule has 22 heavy (non-hydrogen) atoms. The lowest BCUT2D eigenvalue weighted by molar-refractivity contribution is -0.907. The lowest BCUT2D eigenvalue weighted by atomic mass is 10.2. The number of quaternary nitrogens is 1. The maximum absolute atomic E-state index is 12.1. The number of nitrogens with two attached hydrogens (primary N) is 1. The van der Waals surface area contributed by atoms with Crippen LogP contribution < -0.4 is 15.4 Å². The Balaban J connectivity index is 1.92. The minimum atomic E-state index is -3.71. The first-order valence-corrected chi connectivity index (χ1v) is 8.70. The number of ether oxygens (including phenoxy) is 1. The summed E-state index contributed by atoms with van der Waals surface area (Å²) in [5.41, 5.74) is 0.547. The van der Waals surface area contributed by atoms with Crippen LogP contribution in [0.2, 0.25) is 0 Å². The third-order valence-electron chi connectivity index (χ3n) is 3.49. The average molecular weight is 328 g/mol. The molecule has 122 valence electrons. The van der Waals surface area contributed by atoms with E-state index in [0.717, 1.165) is 13.1 Å². The molecule has 1 fully saturated rings. The molecule has 8 heteroatoms. The number of amides is 1. The standard InChI is InChI=1S/C14H21N3O4S/c1-10-7-17(8-11(2)21-10)9-14(18)16-12-3-5-13(6-4-12)22(15,19)20/h3-6,10-11H,7-9H2,1-2H3,(H,16,18)(H2,15,19,20)/p+1/t10-,11-/m1/s1. The van der Waals surface area contributed by atoms with E-state index in [-0.39, 0.29) is 23.0 Å². The van der Waals surface area contributed by atoms with Crippen LogP contribution in [0.25, 0.3) is 0 Å². The molecule has 4 N–H and O–H groups in total. The number of rotatable bonds is 4.